The molecule has 104 valence electrons. The van der Waals surface area contributed by atoms with Crippen molar-refractivity contribution in [3.8, 4) is 0 Å². The highest BCUT2D eigenvalue weighted by molar-refractivity contribution is 9.10. The van der Waals surface area contributed by atoms with Crippen molar-refractivity contribution in [3.63, 3.8) is 0 Å². The fraction of sp³-hybridized carbons (Fsp3) is 0.533. The van der Waals surface area contributed by atoms with Gasteiger partial charge in [-0.05, 0) is 58.8 Å². The fourth-order valence-electron chi connectivity index (χ4n) is 2.78. The van der Waals surface area contributed by atoms with Gasteiger partial charge in [0.15, 0.2) is 0 Å². The van der Waals surface area contributed by atoms with Gasteiger partial charge in [0.2, 0.25) is 0 Å². The predicted molar refractivity (Wildman–Crippen MR) is 84.9 cm³/mol. The highest BCUT2D eigenvalue weighted by atomic mass is 79.9. The summed E-state index contributed by atoms with van der Waals surface area (Å²) in [7, 11) is 0. The van der Waals surface area contributed by atoms with E-state index in [-0.39, 0.29) is 5.91 Å². The summed E-state index contributed by atoms with van der Waals surface area (Å²) >= 11 is 7.78. The quantitative estimate of drug-likeness (QED) is 0.808. The maximum absolute atomic E-state index is 12.6. The van der Waals surface area contributed by atoms with Crippen LogP contribution in [0.4, 0.5) is 0 Å². The third-order valence-corrected chi connectivity index (χ3v) is 5.38. The summed E-state index contributed by atoms with van der Waals surface area (Å²) in [6, 6.07) is 5.61. The van der Waals surface area contributed by atoms with Gasteiger partial charge in [-0.2, -0.15) is 0 Å². The van der Waals surface area contributed by atoms with Crippen molar-refractivity contribution in [2.45, 2.75) is 38.0 Å². The van der Waals surface area contributed by atoms with E-state index in [0.717, 1.165) is 47.3 Å². The zero-order chi connectivity index (χ0) is 14.0. The average Bonchev–Trinajstić information content (AvgIpc) is 2.86. The van der Waals surface area contributed by atoms with Crippen LogP contribution in [0, 0.1) is 5.41 Å². The largest absolute Gasteiger partial charge is 0.338 e. The summed E-state index contributed by atoms with van der Waals surface area (Å²) in [6.07, 6.45) is 3.39. The Balaban J connectivity index is 2.20. The van der Waals surface area contributed by atoms with Crippen LogP contribution in [0.25, 0.3) is 0 Å². The first-order chi connectivity index (χ1) is 9.01. The predicted octanol–water partition coefficient (Wildman–Crippen LogP) is 4.39. The number of halogens is 1. The Morgan fingerprint density at radius 3 is 2.68 bits per heavy atom. The highest BCUT2D eigenvalue weighted by Gasteiger charge is 2.37. The van der Waals surface area contributed by atoms with Gasteiger partial charge in [0.1, 0.15) is 0 Å². The molecule has 19 heavy (non-hydrogen) atoms. The minimum Gasteiger partial charge on any atom is -0.338 e. The van der Waals surface area contributed by atoms with Crippen LogP contribution in [0.1, 0.15) is 43.5 Å². The van der Waals surface area contributed by atoms with E-state index >= 15 is 0 Å². The summed E-state index contributed by atoms with van der Waals surface area (Å²) in [6.45, 7) is 6.19. The number of hydrogen-bond acceptors (Lipinski definition) is 2. The zero-order valence-corrected chi connectivity index (χ0v) is 13.9. The minimum atomic E-state index is 0.117. The molecule has 0 spiro atoms. The Hall–Kier alpha value is -0.480. The molecule has 0 bridgehead atoms. The van der Waals surface area contributed by atoms with E-state index in [1.54, 1.807) is 0 Å². The van der Waals surface area contributed by atoms with Gasteiger partial charge in [0.05, 0.1) is 5.56 Å². The molecule has 1 amide bonds. The smallest absolute Gasteiger partial charge is 0.255 e. The second-order valence-electron chi connectivity index (χ2n) is 5.35. The average molecular weight is 342 g/mol. The van der Waals surface area contributed by atoms with E-state index in [1.165, 1.54) is 0 Å². The van der Waals surface area contributed by atoms with Gasteiger partial charge in [0, 0.05) is 22.5 Å². The third kappa shape index (κ3) is 3.00. The second kappa shape index (κ2) is 5.88. The minimum absolute atomic E-state index is 0.117. The molecule has 1 heterocycles. The molecule has 0 radical (unpaired) electrons. The normalized spacial score (nSPS) is 17.8. The summed E-state index contributed by atoms with van der Waals surface area (Å²) in [5, 5.41) is 0. The Morgan fingerprint density at radius 2 is 2.11 bits per heavy atom. The van der Waals surface area contributed by atoms with Crippen LogP contribution >= 0.6 is 28.6 Å². The Labute approximate surface area is 129 Å². The molecule has 1 aliphatic heterocycles. The van der Waals surface area contributed by atoms with Crippen LogP contribution in [0.5, 0.6) is 0 Å². The molecule has 0 aliphatic carbocycles. The number of carbonyl (C=O) groups excluding carboxylic acids is 1. The first kappa shape index (κ1) is 14.9. The van der Waals surface area contributed by atoms with Crippen LogP contribution in [0.3, 0.4) is 0 Å². The molecule has 0 N–H and O–H groups in total. The number of nitrogens with zero attached hydrogens (tertiary/aromatic N) is 1. The number of benzene rings is 1. The number of thiol groups is 1. The van der Waals surface area contributed by atoms with Crippen molar-refractivity contribution < 1.29 is 4.79 Å². The standard InChI is InChI=1S/C15H20BrNOS/c1-3-15(4-2)7-8-17(10-15)14(18)12-9-11(19)5-6-13(12)16/h5-6,9,19H,3-4,7-8,10H2,1-2H3. The summed E-state index contributed by atoms with van der Waals surface area (Å²) < 4.78 is 0.848. The zero-order valence-electron chi connectivity index (χ0n) is 11.4. The number of hydrogen-bond donors (Lipinski definition) is 1. The molecule has 0 aromatic heterocycles. The van der Waals surface area contributed by atoms with Gasteiger partial charge in [0.25, 0.3) is 5.91 Å². The maximum atomic E-state index is 12.6. The van der Waals surface area contributed by atoms with Crippen LogP contribution in [0.2, 0.25) is 0 Å². The molecule has 1 saturated heterocycles. The van der Waals surface area contributed by atoms with Crippen LogP contribution < -0.4 is 0 Å². The van der Waals surface area contributed by atoms with E-state index in [9.17, 15) is 4.79 Å². The molecule has 1 fully saturated rings. The topological polar surface area (TPSA) is 20.3 Å². The maximum Gasteiger partial charge on any atom is 0.255 e. The van der Waals surface area contributed by atoms with Crippen molar-refractivity contribution in [2.24, 2.45) is 5.41 Å². The van der Waals surface area contributed by atoms with Crippen molar-refractivity contribution >= 4 is 34.5 Å². The highest BCUT2D eigenvalue weighted by Crippen LogP contribution is 2.38. The van der Waals surface area contributed by atoms with Crippen molar-refractivity contribution in [3.05, 3.63) is 28.2 Å². The van der Waals surface area contributed by atoms with Crippen molar-refractivity contribution in [1.29, 1.82) is 0 Å². The lowest BCUT2D eigenvalue weighted by atomic mass is 9.82. The van der Waals surface area contributed by atoms with Gasteiger partial charge in [-0.3, -0.25) is 4.79 Å². The van der Waals surface area contributed by atoms with Gasteiger partial charge in [-0.1, -0.05) is 13.8 Å². The lowest BCUT2D eigenvalue weighted by molar-refractivity contribution is 0.0768. The van der Waals surface area contributed by atoms with Crippen molar-refractivity contribution in [2.75, 3.05) is 13.1 Å². The van der Waals surface area contributed by atoms with E-state index in [2.05, 4.69) is 42.4 Å². The Morgan fingerprint density at radius 1 is 1.42 bits per heavy atom. The lowest BCUT2D eigenvalue weighted by Gasteiger charge is -2.26. The van der Waals surface area contributed by atoms with Gasteiger partial charge in [-0.25, -0.2) is 0 Å². The van der Waals surface area contributed by atoms with Gasteiger partial charge >= 0.3 is 0 Å². The molecule has 0 atom stereocenters. The monoisotopic (exact) mass is 341 g/mol. The Bertz CT molecular complexity index is 485. The van der Waals surface area contributed by atoms with E-state index in [1.807, 2.05) is 23.1 Å². The molecule has 2 nitrogen and oxygen atoms in total. The van der Waals surface area contributed by atoms with E-state index in [4.69, 9.17) is 0 Å². The first-order valence-electron chi connectivity index (χ1n) is 6.79. The fourth-order valence-corrected chi connectivity index (χ4v) is 3.40. The van der Waals surface area contributed by atoms with Crippen LogP contribution in [-0.4, -0.2) is 23.9 Å². The molecule has 0 unspecified atom stereocenters. The van der Waals surface area contributed by atoms with Crippen LogP contribution in [-0.2, 0) is 0 Å². The molecule has 2 rings (SSSR count). The van der Waals surface area contributed by atoms with E-state index < -0.39 is 0 Å². The lowest BCUT2D eigenvalue weighted by Crippen LogP contribution is -2.32. The Kier molecular flexibility index (Phi) is 4.62. The summed E-state index contributed by atoms with van der Waals surface area (Å²) in [4.78, 5) is 15.4. The molecular formula is C15H20BrNOS. The van der Waals surface area contributed by atoms with Crippen LogP contribution in [0.15, 0.2) is 27.6 Å². The molecule has 1 aromatic carbocycles. The number of likely N-dealkylation sites (tertiary alicyclic amines) is 1. The number of amides is 1. The van der Waals surface area contributed by atoms with Crippen molar-refractivity contribution in [1.82, 2.24) is 4.90 Å². The SMILES string of the molecule is CCC1(CC)CCN(C(=O)c2cc(S)ccc2Br)C1. The third-order valence-electron chi connectivity index (χ3n) is 4.41. The number of rotatable bonds is 3. The first-order valence-corrected chi connectivity index (χ1v) is 8.03. The summed E-state index contributed by atoms with van der Waals surface area (Å²) in [5.41, 5.74) is 1.04. The van der Waals surface area contributed by atoms with E-state index in [0.29, 0.717) is 5.41 Å². The molecule has 4 heteroatoms. The molecule has 0 saturated carbocycles. The second-order valence-corrected chi connectivity index (χ2v) is 6.72. The molecular weight excluding hydrogens is 322 g/mol. The van der Waals surface area contributed by atoms with Gasteiger partial charge in [-0.15, -0.1) is 12.6 Å². The number of carbonyl (C=O) groups is 1. The molecule has 1 aromatic rings. The molecule has 1 aliphatic rings. The summed E-state index contributed by atoms with van der Waals surface area (Å²) in [5.74, 6) is 0.117. The van der Waals surface area contributed by atoms with Gasteiger partial charge < -0.3 is 4.90 Å².